The van der Waals surface area contributed by atoms with Crippen molar-refractivity contribution in [3.05, 3.63) is 35.8 Å². The number of carboxylic acids is 1. The third kappa shape index (κ3) is 2.88. The molecule has 0 amide bonds. The molecule has 0 unspecified atom stereocenters. The number of tetrazole rings is 1. The summed E-state index contributed by atoms with van der Waals surface area (Å²) in [5.74, 6) is 0.629. The van der Waals surface area contributed by atoms with Gasteiger partial charge in [-0.3, -0.25) is 0 Å². The molecule has 1 fully saturated rings. The Bertz CT molecular complexity index is 699. The standard InChI is InChI=1S/C15H17N5O2/c1-10-17-18-19-20(10)14-7-6-12(9-16-14)13(15(21)22)8-11-4-2-3-5-11/h6-9,11H,2-5H2,1H3,(H,21,22). The van der Waals surface area contributed by atoms with Crippen molar-refractivity contribution in [2.45, 2.75) is 32.6 Å². The first-order valence-electron chi connectivity index (χ1n) is 7.32. The third-order valence-electron chi connectivity index (χ3n) is 3.93. The second-order valence-corrected chi connectivity index (χ2v) is 5.47. The second kappa shape index (κ2) is 6.05. The molecule has 1 saturated carbocycles. The van der Waals surface area contributed by atoms with Gasteiger partial charge in [-0.2, -0.15) is 4.68 Å². The normalized spacial score (nSPS) is 16.1. The van der Waals surface area contributed by atoms with Gasteiger partial charge in [-0.1, -0.05) is 18.9 Å². The van der Waals surface area contributed by atoms with Crippen LogP contribution in [0.15, 0.2) is 24.4 Å². The maximum absolute atomic E-state index is 11.5. The van der Waals surface area contributed by atoms with Crippen LogP contribution in [0.2, 0.25) is 0 Å². The summed E-state index contributed by atoms with van der Waals surface area (Å²) < 4.78 is 1.50. The largest absolute Gasteiger partial charge is 0.478 e. The number of aliphatic carboxylic acids is 1. The molecule has 0 bridgehead atoms. The summed E-state index contributed by atoms with van der Waals surface area (Å²) in [5.41, 5.74) is 0.924. The summed E-state index contributed by atoms with van der Waals surface area (Å²) in [6.07, 6.45) is 7.89. The highest BCUT2D eigenvalue weighted by Crippen LogP contribution is 2.29. The van der Waals surface area contributed by atoms with Crippen LogP contribution in [0.4, 0.5) is 0 Å². The number of carbonyl (C=O) groups is 1. The molecule has 0 atom stereocenters. The van der Waals surface area contributed by atoms with E-state index < -0.39 is 5.97 Å². The first-order chi connectivity index (χ1) is 10.6. The van der Waals surface area contributed by atoms with E-state index >= 15 is 0 Å². The topological polar surface area (TPSA) is 93.8 Å². The van der Waals surface area contributed by atoms with Gasteiger partial charge in [0.25, 0.3) is 0 Å². The Labute approximate surface area is 127 Å². The van der Waals surface area contributed by atoms with E-state index in [2.05, 4.69) is 20.5 Å². The lowest BCUT2D eigenvalue weighted by molar-refractivity contribution is -0.130. The molecule has 3 rings (SSSR count). The second-order valence-electron chi connectivity index (χ2n) is 5.47. The predicted molar refractivity (Wildman–Crippen MR) is 79.3 cm³/mol. The fraction of sp³-hybridized carbons (Fsp3) is 0.400. The molecular weight excluding hydrogens is 282 g/mol. The van der Waals surface area contributed by atoms with Gasteiger partial charge >= 0.3 is 5.97 Å². The average molecular weight is 299 g/mol. The number of hydrogen-bond donors (Lipinski definition) is 1. The van der Waals surface area contributed by atoms with E-state index in [1.54, 1.807) is 25.3 Å². The van der Waals surface area contributed by atoms with E-state index in [9.17, 15) is 9.90 Å². The molecule has 7 nitrogen and oxygen atoms in total. The molecule has 2 heterocycles. The third-order valence-corrected chi connectivity index (χ3v) is 3.93. The Morgan fingerprint density at radius 2 is 2.14 bits per heavy atom. The number of allylic oxidation sites excluding steroid dienone is 1. The van der Waals surface area contributed by atoms with E-state index in [1.165, 1.54) is 17.5 Å². The summed E-state index contributed by atoms with van der Waals surface area (Å²) in [5, 5.41) is 20.7. The number of hydrogen-bond acceptors (Lipinski definition) is 5. The zero-order chi connectivity index (χ0) is 15.5. The monoisotopic (exact) mass is 299 g/mol. The highest BCUT2D eigenvalue weighted by Gasteiger charge is 2.18. The van der Waals surface area contributed by atoms with Gasteiger partial charge in [-0.05, 0) is 48.2 Å². The zero-order valence-electron chi connectivity index (χ0n) is 12.3. The molecule has 2 aromatic rings. The number of carboxylic acid groups (broad SMARTS) is 1. The van der Waals surface area contributed by atoms with Crippen LogP contribution in [0.5, 0.6) is 0 Å². The number of aromatic nitrogens is 5. The van der Waals surface area contributed by atoms with E-state index in [1.807, 2.05) is 6.08 Å². The molecule has 0 saturated heterocycles. The van der Waals surface area contributed by atoms with Gasteiger partial charge in [-0.15, -0.1) is 5.10 Å². The van der Waals surface area contributed by atoms with E-state index in [0.717, 1.165) is 12.8 Å². The van der Waals surface area contributed by atoms with Crippen LogP contribution in [-0.2, 0) is 4.79 Å². The van der Waals surface area contributed by atoms with Gasteiger partial charge in [0.15, 0.2) is 11.6 Å². The molecule has 1 aliphatic rings. The molecule has 1 aliphatic carbocycles. The summed E-state index contributed by atoms with van der Waals surface area (Å²) in [6.45, 7) is 1.78. The Balaban J connectivity index is 1.89. The van der Waals surface area contributed by atoms with Crippen molar-refractivity contribution >= 4 is 11.5 Å². The minimum absolute atomic E-state index is 0.319. The van der Waals surface area contributed by atoms with Gasteiger partial charge in [-0.25, -0.2) is 9.78 Å². The van der Waals surface area contributed by atoms with Crippen molar-refractivity contribution < 1.29 is 9.90 Å². The molecule has 0 aliphatic heterocycles. The summed E-state index contributed by atoms with van der Waals surface area (Å²) in [7, 11) is 0. The van der Waals surface area contributed by atoms with Crippen LogP contribution in [0, 0.1) is 12.8 Å². The summed E-state index contributed by atoms with van der Waals surface area (Å²) >= 11 is 0. The average Bonchev–Trinajstić information content (AvgIpc) is 3.16. The molecule has 22 heavy (non-hydrogen) atoms. The molecule has 2 aromatic heterocycles. The number of rotatable bonds is 4. The fourth-order valence-corrected chi connectivity index (χ4v) is 2.76. The Morgan fingerprint density at radius 3 is 2.68 bits per heavy atom. The van der Waals surface area contributed by atoms with Crippen molar-refractivity contribution in [2.75, 3.05) is 0 Å². The maximum atomic E-state index is 11.5. The zero-order valence-corrected chi connectivity index (χ0v) is 12.3. The Kier molecular flexibility index (Phi) is 3.95. The SMILES string of the molecule is Cc1nnnn1-c1ccc(C(=CC2CCCC2)C(=O)O)cn1. The van der Waals surface area contributed by atoms with Crippen LogP contribution in [0.25, 0.3) is 11.4 Å². The Morgan fingerprint density at radius 1 is 1.36 bits per heavy atom. The first kappa shape index (κ1) is 14.4. The minimum atomic E-state index is -0.917. The molecule has 0 radical (unpaired) electrons. The summed E-state index contributed by atoms with van der Waals surface area (Å²) in [4.78, 5) is 15.8. The number of nitrogens with zero attached hydrogens (tertiary/aromatic N) is 5. The van der Waals surface area contributed by atoms with E-state index in [4.69, 9.17) is 0 Å². The predicted octanol–water partition coefficient (Wildman–Crippen LogP) is 2.02. The first-order valence-corrected chi connectivity index (χ1v) is 7.32. The van der Waals surface area contributed by atoms with Crippen molar-refractivity contribution in [3.8, 4) is 5.82 Å². The number of aryl methyl sites for hydroxylation is 1. The molecule has 114 valence electrons. The van der Waals surface area contributed by atoms with Crippen LogP contribution in [0.3, 0.4) is 0 Å². The smallest absolute Gasteiger partial charge is 0.336 e. The van der Waals surface area contributed by atoms with Crippen LogP contribution >= 0.6 is 0 Å². The quantitative estimate of drug-likeness (QED) is 0.868. The fourth-order valence-electron chi connectivity index (χ4n) is 2.76. The molecular formula is C15H17N5O2. The van der Waals surface area contributed by atoms with Gasteiger partial charge in [0.2, 0.25) is 0 Å². The molecule has 7 heteroatoms. The van der Waals surface area contributed by atoms with Gasteiger partial charge < -0.3 is 5.11 Å². The van der Waals surface area contributed by atoms with Gasteiger partial charge in [0.1, 0.15) is 0 Å². The van der Waals surface area contributed by atoms with Crippen LogP contribution in [0.1, 0.15) is 37.1 Å². The highest BCUT2D eigenvalue weighted by molar-refractivity contribution is 6.15. The van der Waals surface area contributed by atoms with Crippen molar-refractivity contribution in [1.82, 2.24) is 25.2 Å². The lowest BCUT2D eigenvalue weighted by atomic mass is 10.00. The van der Waals surface area contributed by atoms with Crippen LogP contribution < -0.4 is 0 Å². The highest BCUT2D eigenvalue weighted by atomic mass is 16.4. The van der Waals surface area contributed by atoms with Crippen LogP contribution in [-0.4, -0.2) is 36.3 Å². The van der Waals surface area contributed by atoms with E-state index in [0.29, 0.717) is 28.7 Å². The lowest BCUT2D eigenvalue weighted by Gasteiger charge is -2.08. The lowest BCUT2D eigenvalue weighted by Crippen LogP contribution is -2.05. The van der Waals surface area contributed by atoms with Crippen molar-refractivity contribution in [2.24, 2.45) is 5.92 Å². The molecule has 0 spiro atoms. The summed E-state index contributed by atoms with van der Waals surface area (Å²) in [6, 6.07) is 3.47. The minimum Gasteiger partial charge on any atom is -0.478 e. The van der Waals surface area contributed by atoms with Gasteiger partial charge in [0, 0.05) is 11.8 Å². The van der Waals surface area contributed by atoms with Crippen molar-refractivity contribution in [1.29, 1.82) is 0 Å². The maximum Gasteiger partial charge on any atom is 0.336 e. The van der Waals surface area contributed by atoms with E-state index in [-0.39, 0.29) is 0 Å². The van der Waals surface area contributed by atoms with Gasteiger partial charge in [0.05, 0.1) is 5.57 Å². The number of pyridine rings is 1. The molecule has 1 N–H and O–H groups in total. The molecule has 0 aromatic carbocycles. The van der Waals surface area contributed by atoms with Crippen molar-refractivity contribution in [3.63, 3.8) is 0 Å². The Hall–Kier alpha value is -2.57.